The van der Waals surface area contributed by atoms with Gasteiger partial charge in [-0.15, -0.1) is 0 Å². The predicted octanol–water partition coefficient (Wildman–Crippen LogP) is 3.93. The summed E-state index contributed by atoms with van der Waals surface area (Å²) in [5.41, 5.74) is 13.6. The van der Waals surface area contributed by atoms with Gasteiger partial charge in [0.2, 0.25) is 0 Å². The van der Waals surface area contributed by atoms with Gasteiger partial charge in [-0.1, -0.05) is 54.6 Å². The van der Waals surface area contributed by atoms with E-state index >= 15 is 0 Å². The number of hydrogen-bond acceptors (Lipinski definition) is 7. The van der Waals surface area contributed by atoms with Crippen LogP contribution in [0.2, 0.25) is 0 Å². The van der Waals surface area contributed by atoms with Gasteiger partial charge in [0.25, 0.3) is 0 Å². The fourth-order valence-corrected chi connectivity index (χ4v) is 5.11. The summed E-state index contributed by atoms with van der Waals surface area (Å²) in [6.45, 7) is 3.90. The minimum atomic E-state index is -0.133. The predicted molar refractivity (Wildman–Crippen MR) is 144 cm³/mol. The van der Waals surface area contributed by atoms with Crippen LogP contribution in [0.5, 0.6) is 6.01 Å². The van der Waals surface area contributed by atoms with Crippen molar-refractivity contribution in [1.82, 2.24) is 24.8 Å². The zero-order valence-electron chi connectivity index (χ0n) is 21.0. The first-order chi connectivity index (χ1) is 18.0. The number of rotatable bonds is 4. The molecule has 0 unspecified atom stereocenters. The average molecular weight is 497 g/mol. The van der Waals surface area contributed by atoms with Gasteiger partial charge >= 0.3 is 6.01 Å². The SMILES string of the molecule is Cc1nc2c(N)nc3nc2n1Cc1ccc(-c2ccc(CNC4CC(O)C4)cc2)c(c1)C/C=C\CCO3. The normalized spacial score (nSPS) is 20.3. The van der Waals surface area contributed by atoms with E-state index in [1.165, 1.54) is 27.8 Å². The topological polar surface area (TPSA) is 111 Å². The van der Waals surface area contributed by atoms with Crippen LogP contribution in [-0.2, 0) is 19.5 Å². The summed E-state index contributed by atoms with van der Waals surface area (Å²) in [5.74, 6) is 1.18. The van der Waals surface area contributed by atoms with Crippen LogP contribution in [0.4, 0.5) is 5.82 Å². The monoisotopic (exact) mass is 496 g/mol. The highest BCUT2D eigenvalue weighted by Crippen LogP contribution is 2.29. The van der Waals surface area contributed by atoms with Crippen molar-refractivity contribution >= 4 is 17.0 Å². The van der Waals surface area contributed by atoms with Crippen LogP contribution in [0.15, 0.2) is 54.6 Å². The molecule has 1 fully saturated rings. The lowest BCUT2D eigenvalue weighted by Gasteiger charge is -2.32. The van der Waals surface area contributed by atoms with Gasteiger partial charge in [-0.3, -0.25) is 0 Å². The standard InChI is InChI=1S/C29H32N6O2/c1-18-32-26-27(30)33-29-34-28(26)35(18)17-20-8-11-25(22(13-20)5-3-2-4-12-37-29)21-9-6-19(7-10-21)16-31-23-14-24(36)15-23/h2-3,6-11,13,23-24,31,36H,4-5,12,14-17H2,1H3,(H2,30,33,34)/b3-2-. The van der Waals surface area contributed by atoms with Crippen LogP contribution in [0.3, 0.4) is 0 Å². The zero-order valence-corrected chi connectivity index (χ0v) is 21.0. The molecule has 4 N–H and O–H groups in total. The smallest absolute Gasteiger partial charge is 0.320 e. The summed E-state index contributed by atoms with van der Waals surface area (Å²) in [6, 6.07) is 16.2. The third kappa shape index (κ3) is 4.95. The van der Waals surface area contributed by atoms with E-state index in [-0.39, 0.29) is 12.1 Å². The number of nitrogens with two attached hydrogens (primary N) is 1. The number of nitrogens with zero attached hydrogens (tertiary/aromatic N) is 4. The number of benzene rings is 2. The molecular formula is C29H32N6O2. The third-order valence-corrected chi connectivity index (χ3v) is 7.30. The van der Waals surface area contributed by atoms with Gasteiger partial charge < -0.3 is 25.5 Å². The van der Waals surface area contributed by atoms with Crippen LogP contribution >= 0.6 is 0 Å². The van der Waals surface area contributed by atoms with Crippen LogP contribution in [0, 0.1) is 6.92 Å². The van der Waals surface area contributed by atoms with E-state index in [0.29, 0.717) is 36.2 Å². The second-order valence-electron chi connectivity index (χ2n) is 10.0. The fourth-order valence-electron chi connectivity index (χ4n) is 5.11. The van der Waals surface area contributed by atoms with Gasteiger partial charge in [0.1, 0.15) is 5.82 Å². The Kier molecular flexibility index (Phi) is 6.36. The number of ether oxygens (including phenoxy) is 1. The minimum absolute atomic E-state index is 0.133. The molecule has 6 rings (SSSR count). The molecule has 1 saturated carbocycles. The molecule has 4 aromatic rings. The molecule has 2 aliphatic rings. The summed E-state index contributed by atoms with van der Waals surface area (Å²) in [4.78, 5) is 13.5. The Labute approximate surface area is 216 Å². The molecule has 0 amide bonds. The first-order valence-corrected chi connectivity index (χ1v) is 12.9. The lowest BCUT2D eigenvalue weighted by molar-refractivity contribution is 0.0619. The van der Waals surface area contributed by atoms with Gasteiger partial charge in [0, 0.05) is 12.6 Å². The van der Waals surface area contributed by atoms with Crippen molar-refractivity contribution in [3.63, 3.8) is 0 Å². The molecule has 2 aromatic heterocycles. The molecule has 1 aliphatic heterocycles. The van der Waals surface area contributed by atoms with Crippen LogP contribution in [-0.4, -0.2) is 43.4 Å². The largest absolute Gasteiger partial charge is 0.463 e. The van der Waals surface area contributed by atoms with Crippen molar-refractivity contribution in [3.05, 3.63) is 77.1 Å². The van der Waals surface area contributed by atoms with Crippen molar-refractivity contribution in [2.24, 2.45) is 0 Å². The van der Waals surface area contributed by atoms with E-state index in [2.05, 4.69) is 79.5 Å². The Morgan fingerprint density at radius 3 is 2.73 bits per heavy atom. The Bertz CT molecular complexity index is 1450. The van der Waals surface area contributed by atoms with E-state index in [9.17, 15) is 5.11 Å². The molecule has 0 atom stereocenters. The Hall–Kier alpha value is -3.75. The number of nitrogen functional groups attached to an aromatic ring is 1. The van der Waals surface area contributed by atoms with E-state index in [1.54, 1.807) is 0 Å². The number of imidazole rings is 1. The summed E-state index contributed by atoms with van der Waals surface area (Å²) < 4.78 is 7.87. The molecule has 190 valence electrons. The molecule has 0 radical (unpaired) electrons. The van der Waals surface area contributed by atoms with Crippen LogP contribution in [0.25, 0.3) is 22.3 Å². The molecule has 0 spiro atoms. The van der Waals surface area contributed by atoms with Gasteiger partial charge in [-0.05, 0) is 60.4 Å². The van der Waals surface area contributed by atoms with Gasteiger partial charge in [-0.2, -0.15) is 9.97 Å². The second kappa shape index (κ2) is 9.95. The van der Waals surface area contributed by atoms with Crippen molar-refractivity contribution < 1.29 is 9.84 Å². The zero-order chi connectivity index (χ0) is 25.4. The maximum atomic E-state index is 9.49. The lowest BCUT2D eigenvalue weighted by Crippen LogP contribution is -2.43. The molecule has 8 nitrogen and oxygen atoms in total. The molecule has 3 heterocycles. The molecule has 0 saturated heterocycles. The third-order valence-electron chi connectivity index (χ3n) is 7.30. The number of nitrogens with one attached hydrogen (secondary N) is 1. The first kappa shape index (κ1) is 23.6. The molecular weight excluding hydrogens is 464 g/mol. The van der Waals surface area contributed by atoms with E-state index in [4.69, 9.17) is 10.5 Å². The minimum Gasteiger partial charge on any atom is -0.463 e. The van der Waals surface area contributed by atoms with Crippen LogP contribution in [0.1, 0.15) is 41.8 Å². The van der Waals surface area contributed by atoms with E-state index < -0.39 is 0 Å². The highest BCUT2D eigenvalue weighted by Gasteiger charge is 2.26. The van der Waals surface area contributed by atoms with Crippen molar-refractivity contribution in [3.8, 4) is 17.1 Å². The molecule has 1 aliphatic carbocycles. The number of anilines is 1. The lowest BCUT2D eigenvalue weighted by atomic mass is 9.89. The fraction of sp³-hybridized carbons (Fsp3) is 0.345. The van der Waals surface area contributed by atoms with Gasteiger partial charge in [0.05, 0.1) is 19.3 Å². The van der Waals surface area contributed by atoms with Crippen molar-refractivity contribution in [1.29, 1.82) is 0 Å². The average Bonchev–Trinajstić information content (AvgIpc) is 3.19. The quantitative estimate of drug-likeness (QED) is 0.367. The van der Waals surface area contributed by atoms with Crippen LogP contribution < -0.4 is 15.8 Å². The molecule has 2 aromatic carbocycles. The number of allylic oxidation sites excluding steroid dienone is 1. The van der Waals surface area contributed by atoms with Crippen molar-refractivity contribution in [2.45, 2.75) is 57.8 Å². The second-order valence-corrected chi connectivity index (χ2v) is 10.0. The maximum Gasteiger partial charge on any atom is 0.320 e. The molecule has 37 heavy (non-hydrogen) atoms. The number of aromatic nitrogens is 4. The summed E-state index contributed by atoms with van der Waals surface area (Å²) in [6.07, 6.45) is 7.51. The van der Waals surface area contributed by atoms with Crippen molar-refractivity contribution in [2.75, 3.05) is 12.3 Å². The summed E-state index contributed by atoms with van der Waals surface area (Å²) >= 11 is 0. The Morgan fingerprint density at radius 2 is 1.92 bits per heavy atom. The van der Waals surface area contributed by atoms with Gasteiger partial charge in [0.15, 0.2) is 17.0 Å². The first-order valence-electron chi connectivity index (χ1n) is 12.9. The number of fused-ring (bicyclic) bond motifs is 3. The molecule has 8 heteroatoms. The Balaban J connectivity index is 1.30. The summed E-state index contributed by atoms with van der Waals surface area (Å²) in [7, 11) is 0. The molecule has 4 bridgehead atoms. The summed E-state index contributed by atoms with van der Waals surface area (Å²) in [5, 5.41) is 13.0. The maximum absolute atomic E-state index is 9.49. The van der Waals surface area contributed by atoms with E-state index in [0.717, 1.165) is 38.1 Å². The number of aliphatic hydroxyl groups is 1. The van der Waals surface area contributed by atoms with Gasteiger partial charge in [-0.25, -0.2) is 4.98 Å². The highest BCUT2D eigenvalue weighted by atomic mass is 16.5. The highest BCUT2D eigenvalue weighted by molar-refractivity contribution is 5.82. The number of aryl methyl sites for hydroxylation is 1. The Morgan fingerprint density at radius 1 is 1.08 bits per heavy atom. The number of aliphatic hydroxyl groups excluding tert-OH is 1. The number of hydrogen-bond donors (Lipinski definition) is 3. The van der Waals surface area contributed by atoms with E-state index in [1.807, 2.05) is 6.92 Å².